The van der Waals surface area contributed by atoms with Crippen molar-refractivity contribution in [1.29, 1.82) is 0 Å². The fourth-order valence-corrected chi connectivity index (χ4v) is 5.46. The minimum atomic E-state index is -1.63. The Kier molecular flexibility index (Phi) is 5.88. The quantitative estimate of drug-likeness (QED) is 0.585. The van der Waals surface area contributed by atoms with Gasteiger partial charge in [0.1, 0.15) is 40.9 Å². The molecule has 2 heterocycles. The Morgan fingerprint density at radius 2 is 1.88 bits per heavy atom. The molecule has 2 saturated heterocycles. The van der Waals surface area contributed by atoms with Crippen LogP contribution in [0.5, 0.6) is 11.5 Å². The first-order valence-corrected chi connectivity index (χ1v) is 11.0. The number of rotatable bonds is 7. The van der Waals surface area contributed by atoms with Crippen molar-refractivity contribution >= 4 is 17.8 Å². The molecular formula is C25H28N2O6. The van der Waals surface area contributed by atoms with Crippen LogP contribution >= 0.6 is 0 Å². The van der Waals surface area contributed by atoms with E-state index in [4.69, 9.17) is 4.74 Å². The number of hydrogen-bond donors (Lipinski definition) is 2. The van der Waals surface area contributed by atoms with Crippen LogP contribution in [-0.4, -0.2) is 40.4 Å². The third-order valence-corrected chi connectivity index (χ3v) is 6.76. The smallest absolute Gasteiger partial charge is 0.240 e. The monoisotopic (exact) mass is 452 g/mol. The van der Waals surface area contributed by atoms with Gasteiger partial charge in [0.2, 0.25) is 11.8 Å². The van der Waals surface area contributed by atoms with Gasteiger partial charge in [-0.1, -0.05) is 44.2 Å². The van der Waals surface area contributed by atoms with Gasteiger partial charge < -0.3 is 25.1 Å². The number of carbonyl (C=O) groups is 3. The summed E-state index contributed by atoms with van der Waals surface area (Å²) in [5.41, 5.74) is -0.497. The number of likely N-dealkylation sites (tertiary alicyclic amines) is 1. The summed E-state index contributed by atoms with van der Waals surface area (Å²) in [6, 6.07) is 12.9. The lowest BCUT2D eigenvalue weighted by atomic mass is 9.75. The number of fused-ring (bicyclic) bond motifs is 1. The van der Waals surface area contributed by atoms with Crippen molar-refractivity contribution in [2.45, 2.75) is 38.4 Å². The summed E-state index contributed by atoms with van der Waals surface area (Å²) in [4.78, 5) is 40.9. The SMILES string of the molecule is COc1ccc(O)c(C2[NH2+][C@@](CC(C)C)(C(=O)[O-])C3C(=O)N(Cc4ccccc4)C(=O)C23)c1. The Labute approximate surface area is 192 Å². The number of nitrogens with zero attached hydrogens (tertiary/aromatic N) is 1. The lowest BCUT2D eigenvalue weighted by Gasteiger charge is -2.34. The number of phenols is 1. The molecule has 0 spiro atoms. The van der Waals surface area contributed by atoms with Crippen molar-refractivity contribution < 1.29 is 34.7 Å². The zero-order valence-electron chi connectivity index (χ0n) is 18.9. The average Bonchev–Trinajstić information content (AvgIpc) is 3.24. The minimum absolute atomic E-state index is 0.0626. The highest BCUT2D eigenvalue weighted by atomic mass is 16.5. The van der Waals surface area contributed by atoms with Crippen LogP contribution < -0.4 is 15.2 Å². The first kappa shape index (κ1) is 22.8. The van der Waals surface area contributed by atoms with Gasteiger partial charge in [-0.25, -0.2) is 0 Å². The minimum Gasteiger partial charge on any atom is -0.544 e. The molecular weight excluding hydrogens is 424 g/mol. The molecule has 3 unspecified atom stereocenters. The van der Waals surface area contributed by atoms with E-state index in [1.54, 1.807) is 17.4 Å². The number of methoxy groups -OCH3 is 1. The van der Waals surface area contributed by atoms with E-state index in [0.717, 1.165) is 10.5 Å². The van der Waals surface area contributed by atoms with Crippen LogP contribution in [0.25, 0.3) is 0 Å². The normalized spacial score (nSPS) is 26.7. The third kappa shape index (κ3) is 3.74. The topological polar surface area (TPSA) is 124 Å². The van der Waals surface area contributed by atoms with E-state index < -0.39 is 41.2 Å². The number of carbonyl (C=O) groups excluding carboxylic acids is 3. The molecule has 2 amide bonds. The molecule has 0 bridgehead atoms. The van der Waals surface area contributed by atoms with E-state index in [2.05, 4.69) is 0 Å². The molecule has 2 aliphatic heterocycles. The van der Waals surface area contributed by atoms with Gasteiger partial charge in [0.15, 0.2) is 0 Å². The molecule has 0 radical (unpaired) electrons. The zero-order valence-corrected chi connectivity index (χ0v) is 18.9. The Hall–Kier alpha value is -3.39. The number of benzene rings is 2. The van der Waals surface area contributed by atoms with Crippen molar-refractivity contribution in [1.82, 2.24) is 4.90 Å². The predicted octanol–water partition coefficient (Wildman–Crippen LogP) is 0.355. The van der Waals surface area contributed by atoms with Crippen LogP contribution in [0.2, 0.25) is 0 Å². The van der Waals surface area contributed by atoms with Gasteiger partial charge in [-0.3, -0.25) is 14.5 Å². The first-order chi connectivity index (χ1) is 15.7. The second-order valence-corrected chi connectivity index (χ2v) is 9.29. The number of ether oxygens (including phenoxy) is 1. The van der Waals surface area contributed by atoms with Gasteiger partial charge in [0.05, 0.1) is 19.2 Å². The van der Waals surface area contributed by atoms with Crippen LogP contribution in [0, 0.1) is 17.8 Å². The standard InChI is InChI=1S/C25H28N2O6/c1-14(2)12-25(24(31)32)20-19(21(26-25)17-11-16(33-3)9-10-18(17)28)22(29)27(23(20)30)13-15-7-5-4-6-8-15/h4-11,14,19-21,26,28H,12-13H2,1-3H3,(H,31,32)/t19?,20?,21?,25-/m1/s1. The number of nitrogens with two attached hydrogens (primary N) is 1. The maximum Gasteiger partial charge on any atom is 0.240 e. The Morgan fingerprint density at radius 1 is 1.18 bits per heavy atom. The van der Waals surface area contributed by atoms with Crippen LogP contribution in [0.15, 0.2) is 48.5 Å². The average molecular weight is 453 g/mol. The maximum absolute atomic E-state index is 13.6. The Bertz CT molecular complexity index is 1090. The molecule has 4 atom stereocenters. The number of carboxylic acids is 1. The molecule has 8 heteroatoms. The van der Waals surface area contributed by atoms with E-state index in [-0.39, 0.29) is 24.6 Å². The largest absolute Gasteiger partial charge is 0.544 e. The predicted molar refractivity (Wildman–Crippen MR) is 115 cm³/mol. The molecule has 0 aromatic heterocycles. The fourth-order valence-electron chi connectivity index (χ4n) is 5.46. The van der Waals surface area contributed by atoms with E-state index in [9.17, 15) is 24.6 Å². The molecule has 2 fully saturated rings. The Balaban J connectivity index is 1.83. The van der Waals surface area contributed by atoms with E-state index >= 15 is 0 Å². The fraction of sp³-hybridized carbons (Fsp3) is 0.400. The number of aromatic hydroxyl groups is 1. The van der Waals surface area contributed by atoms with Crippen LogP contribution in [0.1, 0.15) is 37.4 Å². The zero-order chi connectivity index (χ0) is 23.9. The van der Waals surface area contributed by atoms with Gasteiger partial charge >= 0.3 is 0 Å². The maximum atomic E-state index is 13.6. The number of carboxylic acid groups (broad SMARTS) is 1. The Morgan fingerprint density at radius 3 is 2.48 bits per heavy atom. The van der Waals surface area contributed by atoms with Crippen LogP contribution in [0.3, 0.4) is 0 Å². The van der Waals surface area contributed by atoms with Gasteiger partial charge in [-0.15, -0.1) is 0 Å². The summed E-state index contributed by atoms with van der Waals surface area (Å²) in [6.45, 7) is 3.80. The highest BCUT2D eigenvalue weighted by Gasteiger charge is 2.69. The van der Waals surface area contributed by atoms with Crippen molar-refractivity contribution in [2.24, 2.45) is 17.8 Å². The lowest BCUT2D eigenvalue weighted by Crippen LogP contribution is -2.99. The van der Waals surface area contributed by atoms with Gasteiger partial charge in [-0.05, 0) is 29.7 Å². The second-order valence-electron chi connectivity index (χ2n) is 9.29. The second kappa shape index (κ2) is 8.51. The highest BCUT2D eigenvalue weighted by molar-refractivity contribution is 6.08. The van der Waals surface area contributed by atoms with Gasteiger partial charge in [-0.2, -0.15) is 0 Å². The molecule has 174 valence electrons. The summed E-state index contributed by atoms with van der Waals surface area (Å²) in [5, 5.41) is 24.7. The number of amides is 2. The number of hydrogen-bond acceptors (Lipinski definition) is 6. The van der Waals surface area contributed by atoms with Gasteiger partial charge in [0.25, 0.3) is 0 Å². The molecule has 2 aliphatic rings. The number of imide groups is 1. The van der Waals surface area contributed by atoms with E-state index in [0.29, 0.717) is 11.3 Å². The molecule has 0 aliphatic carbocycles. The summed E-state index contributed by atoms with van der Waals surface area (Å²) in [6.07, 6.45) is 0.149. The third-order valence-electron chi connectivity index (χ3n) is 6.76. The summed E-state index contributed by atoms with van der Waals surface area (Å²) < 4.78 is 5.28. The van der Waals surface area contributed by atoms with Crippen LogP contribution in [0.4, 0.5) is 0 Å². The first-order valence-electron chi connectivity index (χ1n) is 11.0. The van der Waals surface area contributed by atoms with Crippen molar-refractivity contribution in [3.05, 3.63) is 59.7 Å². The molecule has 3 N–H and O–H groups in total. The van der Waals surface area contributed by atoms with Crippen molar-refractivity contribution in [3.63, 3.8) is 0 Å². The molecule has 33 heavy (non-hydrogen) atoms. The van der Waals surface area contributed by atoms with Crippen LogP contribution in [-0.2, 0) is 20.9 Å². The number of aliphatic carboxylic acids is 1. The van der Waals surface area contributed by atoms with E-state index in [1.165, 1.54) is 13.2 Å². The van der Waals surface area contributed by atoms with Crippen molar-refractivity contribution in [3.8, 4) is 11.5 Å². The molecule has 4 rings (SSSR count). The summed E-state index contributed by atoms with van der Waals surface area (Å²) in [5.74, 6) is -4.07. The molecule has 2 aromatic rings. The summed E-state index contributed by atoms with van der Waals surface area (Å²) in [7, 11) is 1.48. The number of phenolic OH excluding ortho intramolecular Hbond substituents is 1. The molecule has 8 nitrogen and oxygen atoms in total. The summed E-state index contributed by atoms with van der Waals surface area (Å²) >= 11 is 0. The van der Waals surface area contributed by atoms with Gasteiger partial charge in [0, 0.05) is 6.42 Å². The van der Waals surface area contributed by atoms with E-state index in [1.807, 2.05) is 44.2 Å². The molecule has 2 aromatic carbocycles. The molecule has 0 saturated carbocycles. The highest BCUT2D eigenvalue weighted by Crippen LogP contribution is 2.48. The number of quaternary nitrogens is 1. The lowest BCUT2D eigenvalue weighted by molar-refractivity contribution is -0.740. The van der Waals surface area contributed by atoms with Crippen molar-refractivity contribution in [2.75, 3.05) is 7.11 Å².